The van der Waals surface area contributed by atoms with Gasteiger partial charge in [0.05, 0.1) is 11.3 Å². The summed E-state index contributed by atoms with van der Waals surface area (Å²) in [6.07, 6.45) is 9.10. The monoisotopic (exact) mass is 549 g/mol. The van der Waals surface area contributed by atoms with Crippen LogP contribution in [0.25, 0.3) is 10.8 Å². The molecule has 3 aliphatic rings. The van der Waals surface area contributed by atoms with Crippen LogP contribution in [0.5, 0.6) is 0 Å². The van der Waals surface area contributed by atoms with E-state index < -0.39 is 0 Å². The number of fused-ring (bicyclic) bond motifs is 4. The second kappa shape index (κ2) is 9.22. The number of carbonyl (C=O) groups excluding carboxylic acids is 2. The van der Waals surface area contributed by atoms with Gasteiger partial charge in [0.15, 0.2) is 11.6 Å². The summed E-state index contributed by atoms with van der Waals surface area (Å²) in [5, 5.41) is 3.28. The van der Waals surface area contributed by atoms with Crippen molar-refractivity contribution in [3.8, 4) is 0 Å². The lowest BCUT2D eigenvalue weighted by Crippen LogP contribution is -2.31. The third kappa shape index (κ3) is 3.79. The number of halogens is 2. The smallest absolute Gasteiger partial charge is 0.197 e. The molecule has 4 aromatic rings. The van der Waals surface area contributed by atoms with E-state index in [9.17, 15) is 9.59 Å². The van der Waals surface area contributed by atoms with Gasteiger partial charge < -0.3 is 4.90 Å². The zero-order valence-corrected chi connectivity index (χ0v) is 22.7. The molecular weight excluding hydrogens is 525 g/mol. The van der Waals surface area contributed by atoms with E-state index >= 15 is 0 Å². The van der Waals surface area contributed by atoms with Crippen LogP contribution in [0.15, 0.2) is 102 Å². The van der Waals surface area contributed by atoms with Crippen LogP contribution in [0.2, 0.25) is 10.0 Å². The Morgan fingerprint density at radius 2 is 1.31 bits per heavy atom. The van der Waals surface area contributed by atoms with Crippen molar-refractivity contribution in [2.75, 3.05) is 4.90 Å². The lowest BCUT2D eigenvalue weighted by Gasteiger charge is -2.37. The van der Waals surface area contributed by atoms with Gasteiger partial charge in [0.1, 0.15) is 0 Å². The van der Waals surface area contributed by atoms with E-state index in [1.54, 1.807) is 6.08 Å². The molecule has 3 nitrogen and oxygen atoms in total. The maximum Gasteiger partial charge on any atom is 0.197 e. The first-order valence-electron chi connectivity index (χ1n) is 13.4. The van der Waals surface area contributed by atoms with Gasteiger partial charge in [0, 0.05) is 38.0 Å². The topological polar surface area (TPSA) is 37.4 Å². The third-order valence-electron chi connectivity index (χ3n) is 8.51. The second-order valence-corrected chi connectivity index (χ2v) is 11.5. The minimum Gasteiger partial charge on any atom is -0.313 e. The van der Waals surface area contributed by atoms with Gasteiger partial charge in [-0.25, -0.2) is 0 Å². The fourth-order valence-electron chi connectivity index (χ4n) is 6.67. The van der Waals surface area contributed by atoms with E-state index in [2.05, 4.69) is 17.0 Å². The summed E-state index contributed by atoms with van der Waals surface area (Å²) in [4.78, 5) is 29.3. The number of hydrogen-bond donors (Lipinski definition) is 0. The first-order chi connectivity index (χ1) is 19.0. The average Bonchev–Trinajstić information content (AvgIpc) is 3.34. The van der Waals surface area contributed by atoms with Gasteiger partial charge in [-0.15, -0.1) is 0 Å². The van der Waals surface area contributed by atoms with Crippen molar-refractivity contribution < 1.29 is 9.59 Å². The summed E-state index contributed by atoms with van der Waals surface area (Å²) >= 11 is 12.8. The van der Waals surface area contributed by atoms with E-state index in [0.717, 1.165) is 53.5 Å². The Balaban J connectivity index is 1.41. The van der Waals surface area contributed by atoms with E-state index in [0.29, 0.717) is 21.2 Å². The molecule has 1 saturated carbocycles. The van der Waals surface area contributed by atoms with E-state index in [1.165, 1.54) is 12.0 Å². The molecule has 0 bridgehead atoms. The molecule has 0 N–H and O–H groups in total. The molecule has 1 heterocycles. The third-order valence-corrected chi connectivity index (χ3v) is 9.00. The first kappa shape index (κ1) is 24.4. The van der Waals surface area contributed by atoms with Crippen LogP contribution in [0.3, 0.4) is 0 Å². The molecule has 0 unspecified atom stereocenters. The average molecular weight is 550 g/mol. The molecule has 0 saturated heterocycles. The highest BCUT2D eigenvalue weighted by molar-refractivity contribution is 6.40. The number of benzene rings is 4. The predicted octanol–water partition coefficient (Wildman–Crippen LogP) is 9.39. The van der Waals surface area contributed by atoms with Gasteiger partial charge in [-0.2, -0.15) is 0 Å². The van der Waals surface area contributed by atoms with Crippen molar-refractivity contribution in [2.45, 2.75) is 37.5 Å². The molecule has 1 aliphatic heterocycles. The van der Waals surface area contributed by atoms with Crippen molar-refractivity contribution in [2.24, 2.45) is 0 Å². The lowest BCUT2D eigenvalue weighted by atomic mass is 9.68. The second-order valence-electron chi connectivity index (χ2n) is 10.7. The number of ketones is 2. The molecular formula is C34H25Cl2NO2. The van der Waals surface area contributed by atoms with Crippen molar-refractivity contribution in [1.29, 1.82) is 0 Å². The van der Waals surface area contributed by atoms with Gasteiger partial charge >= 0.3 is 0 Å². The molecule has 0 atom stereocenters. The molecule has 4 aromatic carbocycles. The van der Waals surface area contributed by atoms with Crippen LogP contribution in [0, 0.1) is 0 Å². The Kier molecular flexibility index (Phi) is 5.77. The molecule has 1 spiro atoms. The van der Waals surface area contributed by atoms with Gasteiger partial charge in [-0.3, -0.25) is 9.59 Å². The Morgan fingerprint density at radius 3 is 1.95 bits per heavy atom. The van der Waals surface area contributed by atoms with Gasteiger partial charge in [0.25, 0.3) is 0 Å². The van der Waals surface area contributed by atoms with Crippen LogP contribution in [-0.4, -0.2) is 11.6 Å². The highest BCUT2D eigenvalue weighted by Gasteiger charge is 2.48. The molecule has 5 heteroatoms. The van der Waals surface area contributed by atoms with Crippen molar-refractivity contribution in [1.82, 2.24) is 0 Å². The van der Waals surface area contributed by atoms with E-state index in [-0.39, 0.29) is 22.6 Å². The first-order valence-corrected chi connectivity index (χ1v) is 14.1. The SMILES string of the molecule is O=C1C(=C/C=C2/N(c3ccc(Cl)cc3)c3ccc(Cl)cc3C23CCCCC3)C(=O)c2cc3ccccc3cc21. The molecule has 0 aromatic heterocycles. The molecule has 39 heavy (non-hydrogen) atoms. The number of nitrogens with zero attached hydrogens (tertiary/aromatic N) is 1. The fourth-order valence-corrected chi connectivity index (χ4v) is 6.97. The van der Waals surface area contributed by atoms with Gasteiger partial charge in [0.2, 0.25) is 0 Å². The standard InChI is InChI=1S/C34H25Cl2NO2/c35-23-8-11-25(12-9-23)37-30-14-10-24(36)20-29(30)34(16-4-1-5-17-34)31(37)15-13-26-32(38)27-18-21-6-2-3-7-22(21)19-28(27)33(26)39/h2-3,6-15,18-20H,1,4-5,16-17H2/b31-15+. The summed E-state index contributed by atoms with van der Waals surface area (Å²) < 4.78 is 0. The zero-order valence-electron chi connectivity index (χ0n) is 21.2. The number of carbonyl (C=O) groups is 2. The zero-order chi connectivity index (χ0) is 26.7. The van der Waals surface area contributed by atoms with Crippen molar-refractivity contribution in [3.63, 3.8) is 0 Å². The van der Waals surface area contributed by atoms with Crippen LogP contribution in [0.1, 0.15) is 58.4 Å². The van der Waals surface area contributed by atoms with Crippen LogP contribution < -0.4 is 4.90 Å². The summed E-state index contributed by atoms with van der Waals surface area (Å²) in [6, 6.07) is 25.4. The molecule has 0 amide bonds. The van der Waals surface area contributed by atoms with Gasteiger partial charge in [-0.1, -0.05) is 66.7 Å². The highest BCUT2D eigenvalue weighted by Crippen LogP contribution is 2.58. The Labute approximate surface area is 237 Å². The molecule has 7 rings (SSSR count). The van der Waals surface area contributed by atoms with E-state index in [1.807, 2.05) is 72.8 Å². The Morgan fingerprint density at radius 1 is 0.692 bits per heavy atom. The van der Waals surface area contributed by atoms with E-state index in [4.69, 9.17) is 23.2 Å². The lowest BCUT2D eigenvalue weighted by molar-refractivity contribution is 0.0988. The quantitative estimate of drug-likeness (QED) is 0.184. The number of rotatable bonds is 2. The summed E-state index contributed by atoms with van der Waals surface area (Å²) in [7, 11) is 0. The number of anilines is 2. The molecule has 192 valence electrons. The summed E-state index contributed by atoms with van der Waals surface area (Å²) in [5.74, 6) is -0.432. The van der Waals surface area contributed by atoms with Crippen LogP contribution >= 0.6 is 23.2 Å². The maximum absolute atomic E-state index is 13.5. The Hall–Kier alpha value is -3.66. The highest BCUT2D eigenvalue weighted by atomic mass is 35.5. The normalized spacial score (nSPS) is 18.8. The minimum absolute atomic E-state index is 0.212. The minimum atomic E-state index is -0.249. The maximum atomic E-state index is 13.5. The predicted molar refractivity (Wildman–Crippen MR) is 159 cm³/mol. The Bertz CT molecular complexity index is 1690. The fraction of sp³-hybridized carbons (Fsp3) is 0.176. The van der Waals surface area contributed by atoms with Crippen LogP contribution in [-0.2, 0) is 5.41 Å². The molecule has 2 aliphatic carbocycles. The summed E-state index contributed by atoms with van der Waals surface area (Å²) in [6.45, 7) is 0. The number of allylic oxidation sites excluding steroid dienone is 4. The van der Waals surface area contributed by atoms with Crippen molar-refractivity contribution in [3.05, 3.63) is 129 Å². The molecule has 1 fully saturated rings. The van der Waals surface area contributed by atoms with Crippen molar-refractivity contribution >= 4 is 56.9 Å². The largest absolute Gasteiger partial charge is 0.313 e. The number of hydrogen-bond acceptors (Lipinski definition) is 3. The number of Topliss-reactive ketones (excluding diaryl/α,β-unsaturated/α-hetero) is 2. The summed E-state index contributed by atoms with van der Waals surface area (Å²) in [5.41, 5.74) is 5.24. The van der Waals surface area contributed by atoms with Gasteiger partial charge in [-0.05, 0) is 95.9 Å². The van der Waals surface area contributed by atoms with Crippen LogP contribution in [0.4, 0.5) is 11.4 Å². The molecule has 0 radical (unpaired) electrons.